The minimum absolute atomic E-state index is 0.0732. The van der Waals surface area contributed by atoms with Crippen LogP contribution in [-0.2, 0) is 10.8 Å². The Morgan fingerprint density at radius 3 is 1.93 bits per heavy atom. The molecule has 73 heavy (non-hydrogen) atoms. The summed E-state index contributed by atoms with van der Waals surface area (Å²) < 4.78 is 16.9. The van der Waals surface area contributed by atoms with Gasteiger partial charge in [-0.2, -0.15) is 0 Å². The van der Waals surface area contributed by atoms with Gasteiger partial charge in [-0.05, 0) is 129 Å². The van der Waals surface area contributed by atoms with Gasteiger partial charge in [-0.15, -0.1) is 0 Å². The summed E-state index contributed by atoms with van der Waals surface area (Å²) in [6.07, 6.45) is 0. The Morgan fingerprint density at radius 2 is 1.18 bits per heavy atom. The van der Waals surface area contributed by atoms with Gasteiger partial charge in [0.15, 0.2) is 5.58 Å². The highest BCUT2D eigenvalue weighted by atomic mass is 16.5. The summed E-state index contributed by atoms with van der Waals surface area (Å²) in [5, 5.41) is 4.56. The van der Waals surface area contributed by atoms with Crippen LogP contribution in [-0.4, -0.2) is 11.3 Å². The lowest BCUT2D eigenvalue weighted by Crippen LogP contribution is -2.57. The van der Waals surface area contributed by atoms with E-state index in [1.807, 2.05) is 0 Å². The highest BCUT2D eigenvalue weighted by Crippen LogP contribution is 2.55. The third-order valence-corrected chi connectivity index (χ3v) is 16.1. The molecule has 0 fully saturated rings. The van der Waals surface area contributed by atoms with Crippen LogP contribution in [0.25, 0.3) is 66.0 Å². The molecule has 3 aliphatic heterocycles. The second-order valence-corrected chi connectivity index (χ2v) is 21.7. The molecule has 0 unspecified atom stereocenters. The molecule has 15 rings (SSSR count). The predicted octanol–water partition coefficient (Wildman–Crippen LogP) is 17.0. The molecule has 0 bridgehead atoms. The van der Waals surface area contributed by atoms with Crippen LogP contribution in [0.5, 0.6) is 11.5 Å². The number of furan rings is 1. The molecule has 3 aliphatic rings. The molecular formula is C67H50BN3O2. The number of anilines is 6. The molecule has 2 aromatic heterocycles. The van der Waals surface area contributed by atoms with Gasteiger partial charge in [-0.25, -0.2) is 0 Å². The Bertz CT molecular complexity index is 4220. The number of ether oxygens (including phenoxy) is 1. The van der Waals surface area contributed by atoms with Crippen molar-refractivity contribution in [3.63, 3.8) is 0 Å². The van der Waals surface area contributed by atoms with Gasteiger partial charge in [-0.3, -0.25) is 0 Å². The second-order valence-electron chi connectivity index (χ2n) is 21.7. The van der Waals surface area contributed by atoms with Crippen LogP contribution in [0.15, 0.2) is 217 Å². The van der Waals surface area contributed by atoms with E-state index in [0.717, 1.165) is 84.2 Å². The monoisotopic (exact) mass is 939 g/mol. The van der Waals surface area contributed by atoms with Crippen molar-refractivity contribution in [3.05, 3.63) is 229 Å². The molecule has 0 aliphatic carbocycles. The lowest BCUT2D eigenvalue weighted by atomic mass is 9.44. The molecule has 0 N–H and O–H groups in total. The summed E-state index contributed by atoms with van der Waals surface area (Å²) in [7, 11) is 0. The average Bonchev–Trinajstić information content (AvgIpc) is 3.95. The molecule has 0 saturated carbocycles. The Balaban J connectivity index is 1.13. The number of aromatic nitrogens is 1. The molecule has 6 heteroatoms. The van der Waals surface area contributed by atoms with Gasteiger partial charge in [0.05, 0.1) is 11.2 Å². The third kappa shape index (κ3) is 5.98. The van der Waals surface area contributed by atoms with E-state index in [9.17, 15) is 0 Å². The van der Waals surface area contributed by atoms with Gasteiger partial charge in [0, 0.05) is 72.4 Å². The van der Waals surface area contributed by atoms with E-state index in [0.29, 0.717) is 0 Å². The lowest BCUT2D eigenvalue weighted by molar-refractivity contribution is 0.418. The first-order valence-electron chi connectivity index (χ1n) is 25.5. The van der Waals surface area contributed by atoms with Crippen LogP contribution in [0.2, 0.25) is 0 Å². The Labute approximate surface area is 425 Å². The van der Waals surface area contributed by atoms with Crippen LogP contribution in [0.4, 0.5) is 34.1 Å². The van der Waals surface area contributed by atoms with Gasteiger partial charge in [-0.1, -0.05) is 162 Å². The molecule has 5 nitrogen and oxygen atoms in total. The second kappa shape index (κ2) is 15.1. The quantitative estimate of drug-likeness (QED) is 0.161. The van der Waals surface area contributed by atoms with E-state index in [2.05, 4.69) is 261 Å². The maximum Gasteiger partial charge on any atom is 0.333 e. The standard InChI is InChI=1S/C67H50BN3O2/c1-66(2,3)43-33-34-55(49(36-43)41-21-9-6-10-22-41)70-56-39-53-60(72-59-32-20-18-30-52(59)67(53,4)5)40-54(56)68-62-57(70)35-42-23-15-16-28-47(42)61(62)50-37-46(69(44-24-11-7-12-25-44)45-26-13-8-14-27-45)38-51-63(50)71(68)64-48-29-17-19-31-58(48)73-65(51)64/h6-40H,1-5H3. The van der Waals surface area contributed by atoms with Crippen molar-refractivity contribution in [3.8, 4) is 33.8 Å². The van der Waals surface area contributed by atoms with Crippen LogP contribution in [0.1, 0.15) is 51.3 Å². The van der Waals surface area contributed by atoms with E-state index in [1.54, 1.807) is 0 Å². The van der Waals surface area contributed by atoms with Gasteiger partial charge >= 0.3 is 6.85 Å². The number of benzene rings is 10. The van der Waals surface area contributed by atoms with E-state index < -0.39 is 0 Å². The summed E-state index contributed by atoms with van der Waals surface area (Å²) in [6.45, 7) is 11.4. The van der Waals surface area contributed by atoms with Crippen molar-refractivity contribution in [2.45, 2.75) is 45.4 Å². The van der Waals surface area contributed by atoms with Crippen molar-refractivity contribution in [2.75, 3.05) is 9.80 Å². The molecule has 12 aromatic rings. The van der Waals surface area contributed by atoms with Crippen molar-refractivity contribution in [2.24, 2.45) is 0 Å². The van der Waals surface area contributed by atoms with Gasteiger partial charge in [0.25, 0.3) is 0 Å². The number of rotatable bonds is 5. The zero-order valence-corrected chi connectivity index (χ0v) is 41.4. The first-order chi connectivity index (χ1) is 35.6. The first kappa shape index (κ1) is 42.0. The molecule has 5 heterocycles. The van der Waals surface area contributed by atoms with Crippen LogP contribution < -0.4 is 25.5 Å². The SMILES string of the molecule is CC(C)(C)c1ccc(N2c3cc4c(cc3B3c5c2cc2ccccc2c5-c2cc(N(c5ccccc5)c5ccccc5)cc5c6oc7ccccc7c6n3c25)Oc2ccccc2C4(C)C)c(-c2ccccc2)c1. The lowest BCUT2D eigenvalue weighted by Gasteiger charge is -2.43. The zero-order valence-electron chi connectivity index (χ0n) is 41.4. The number of nitrogens with zero attached hydrogens (tertiary/aromatic N) is 3. The highest BCUT2D eigenvalue weighted by Gasteiger charge is 2.47. The highest BCUT2D eigenvalue weighted by molar-refractivity contribution is 6.90. The summed E-state index contributed by atoms with van der Waals surface area (Å²) in [5.74, 6) is 1.79. The van der Waals surface area contributed by atoms with E-state index in [-0.39, 0.29) is 17.7 Å². The van der Waals surface area contributed by atoms with Crippen molar-refractivity contribution >= 4 is 95.6 Å². The molecule has 0 radical (unpaired) electrons. The van der Waals surface area contributed by atoms with Crippen molar-refractivity contribution < 1.29 is 9.15 Å². The number of para-hydroxylation sites is 4. The van der Waals surface area contributed by atoms with Gasteiger partial charge < -0.3 is 23.4 Å². The normalized spacial score (nSPS) is 14.0. The molecule has 348 valence electrons. The van der Waals surface area contributed by atoms with Crippen molar-refractivity contribution in [1.82, 2.24) is 4.48 Å². The van der Waals surface area contributed by atoms with Crippen LogP contribution in [0, 0.1) is 0 Å². The Hall–Kier alpha value is -8.74. The third-order valence-electron chi connectivity index (χ3n) is 16.1. The summed E-state index contributed by atoms with van der Waals surface area (Å²) in [5.41, 5.74) is 21.0. The maximum absolute atomic E-state index is 7.17. The van der Waals surface area contributed by atoms with Crippen LogP contribution >= 0.6 is 0 Å². The largest absolute Gasteiger partial charge is 0.457 e. The first-order valence-corrected chi connectivity index (χ1v) is 25.5. The average molecular weight is 940 g/mol. The summed E-state index contributed by atoms with van der Waals surface area (Å²) in [4.78, 5) is 4.99. The summed E-state index contributed by atoms with van der Waals surface area (Å²) >= 11 is 0. The zero-order chi connectivity index (χ0) is 48.9. The summed E-state index contributed by atoms with van der Waals surface area (Å²) in [6, 6.07) is 77.9. The smallest absolute Gasteiger partial charge is 0.333 e. The van der Waals surface area contributed by atoms with Gasteiger partial charge in [0.2, 0.25) is 0 Å². The topological polar surface area (TPSA) is 33.8 Å². The number of hydrogen-bond acceptors (Lipinski definition) is 4. The van der Waals surface area contributed by atoms with E-state index in [4.69, 9.17) is 9.15 Å². The molecule has 0 spiro atoms. The number of hydrogen-bond donors (Lipinski definition) is 0. The Morgan fingerprint density at radius 1 is 0.507 bits per heavy atom. The van der Waals surface area contributed by atoms with E-state index >= 15 is 0 Å². The molecule has 0 amide bonds. The maximum atomic E-state index is 7.17. The van der Waals surface area contributed by atoms with E-state index in [1.165, 1.54) is 55.1 Å². The minimum Gasteiger partial charge on any atom is -0.457 e. The van der Waals surface area contributed by atoms with Crippen molar-refractivity contribution in [1.29, 1.82) is 0 Å². The fourth-order valence-corrected chi connectivity index (χ4v) is 12.7. The Kier molecular flexibility index (Phi) is 8.71. The molecule has 0 saturated heterocycles. The van der Waals surface area contributed by atoms with Crippen LogP contribution in [0.3, 0.4) is 0 Å². The molecule has 0 atom stereocenters. The molecular weight excluding hydrogens is 890 g/mol. The van der Waals surface area contributed by atoms with Gasteiger partial charge in [0.1, 0.15) is 17.1 Å². The fourth-order valence-electron chi connectivity index (χ4n) is 12.7. The molecule has 10 aromatic carbocycles. The number of fused-ring (bicyclic) bond motifs is 13. The minimum atomic E-state index is -0.355. The predicted molar refractivity (Wildman–Crippen MR) is 305 cm³/mol. The fraction of sp³-hybridized carbons (Fsp3) is 0.104.